The van der Waals surface area contributed by atoms with Gasteiger partial charge in [-0.3, -0.25) is 0 Å². The first-order valence-corrected chi connectivity index (χ1v) is 5.90. The van der Waals surface area contributed by atoms with Crippen LogP contribution in [0.15, 0.2) is 0 Å². The summed E-state index contributed by atoms with van der Waals surface area (Å²) in [5.41, 5.74) is -0.873. The highest BCUT2D eigenvalue weighted by molar-refractivity contribution is 4.84. The van der Waals surface area contributed by atoms with E-state index in [2.05, 4.69) is 13.8 Å². The normalized spacial score (nSPS) is 16.7. The molecule has 0 saturated carbocycles. The Balaban J connectivity index is 4.10. The van der Waals surface area contributed by atoms with Crippen molar-refractivity contribution >= 4 is 0 Å². The Kier molecular flexibility index (Phi) is 6.38. The Morgan fingerprint density at radius 2 is 1.64 bits per heavy atom. The van der Waals surface area contributed by atoms with Gasteiger partial charge in [-0.25, -0.2) is 0 Å². The molecule has 0 aliphatic carbocycles. The van der Waals surface area contributed by atoms with Crippen LogP contribution in [0.3, 0.4) is 0 Å². The van der Waals surface area contributed by atoms with Gasteiger partial charge in [0.1, 0.15) is 0 Å². The topological polar surface area (TPSA) is 40.5 Å². The number of hydrogen-bond acceptors (Lipinski definition) is 2. The third kappa shape index (κ3) is 3.97. The van der Waals surface area contributed by atoms with E-state index in [0.717, 1.165) is 12.8 Å². The molecule has 0 aliphatic heterocycles. The van der Waals surface area contributed by atoms with Crippen LogP contribution in [0.1, 0.15) is 59.8 Å². The van der Waals surface area contributed by atoms with E-state index in [1.807, 2.05) is 13.8 Å². The summed E-state index contributed by atoms with van der Waals surface area (Å²) < 4.78 is 0. The van der Waals surface area contributed by atoms with Gasteiger partial charge in [0.05, 0.1) is 11.7 Å². The molecule has 0 amide bonds. The Morgan fingerprint density at radius 1 is 1.14 bits per heavy atom. The van der Waals surface area contributed by atoms with Gasteiger partial charge in [-0.05, 0) is 25.2 Å². The summed E-state index contributed by atoms with van der Waals surface area (Å²) in [6, 6.07) is 0. The van der Waals surface area contributed by atoms with Crippen LogP contribution in [0.2, 0.25) is 0 Å². The van der Waals surface area contributed by atoms with Crippen LogP contribution < -0.4 is 0 Å². The third-order valence-corrected chi connectivity index (χ3v) is 3.25. The fourth-order valence-electron chi connectivity index (χ4n) is 1.93. The van der Waals surface area contributed by atoms with Gasteiger partial charge >= 0.3 is 0 Å². The molecule has 0 aromatic rings. The molecule has 0 spiro atoms. The molecule has 2 N–H and O–H groups in total. The third-order valence-electron chi connectivity index (χ3n) is 3.25. The lowest BCUT2D eigenvalue weighted by molar-refractivity contribution is -0.0881. The maximum atomic E-state index is 10.1. The monoisotopic (exact) mass is 202 g/mol. The molecule has 86 valence electrons. The molecule has 0 aromatic carbocycles. The van der Waals surface area contributed by atoms with Crippen molar-refractivity contribution in [3.63, 3.8) is 0 Å². The van der Waals surface area contributed by atoms with Crippen molar-refractivity contribution in [1.29, 1.82) is 0 Å². The number of rotatable bonds is 7. The van der Waals surface area contributed by atoms with Crippen molar-refractivity contribution in [2.75, 3.05) is 0 Å². The Labute approximate surface area is 88.3 Å². The molecule has 0 fully saturated rings. The fraction of sp³-hybridized carbons (Fsp3) is 1.00. The predicted octanol–water partition coefficient (Wildman–Crippen LogP) is 2.72. The van der Waals surface area contributed by atoms with E-state index >= 15 is 0 Å². The van der Waals surface area contributed by atoms with Gasteiger partial charge in [0.15, 0.2) is 0 Å². The summed E-state index contributed by atoms with van der Waals surface area (Å²) in [6.07, 6.45) is 3.67. The lowest BCUT2D eigenvalue weighted by Crippen LogP contribution is -2.42. The van der Waals surface area contributed by atoms with Gasteiger partial charge in [-0.2, -0.15) is 0 Å². The minimum absolute atomic E-state index is 0.500. The zero-order chi connectivity index (χ0) is 11.2. The van der Waals surface area contributed by atoms with Gasteiger partial charge in [0.2, 0.25) is 0 Å². The van der Waals surface area contributed by atoms with Crippen LogP contribution in [0, 0.1) is 5.92 Å². The highest BCUT2D eigenvalue weighted by atomic mass is 16.3. The lowest BCUT2D eigenvalue weighted by Gasteiger charge is -2.32. The molecule has 2 atom stereocenters. The SMILES string of the molecule is CCCC(C)CC(O)C(O)(CC)CC. The van der Waals surface area contributed by atoms with E-state index in [0.29, 0.717) is 25.2 Å². The van der Waals surface area contributed by atoms with E-state index in [1.165, 1.54) is 0 Å². The first-order valence-electron chi connectivity index (χ1n) is 5.90. The zero-order valence-electron chi connectivity index (χ0n) is 10.1. The van der Waals surface area contributed by atoms with Crippen LogP contribution in [-0.2, 0) is 0 Å². The summed E-state index contributed by atoms with van der Waals surface area (Å²) in [7, 11) is 0. The lowest BCUT2D eigenvalue weighted by atomic mass is 9.84. The van der Waals surface area contributed by atoms with Crippen molar-refractivity contribution in [2.45, 2.75) is 71.5 Å². The number of aliphatic hydroxyl groups excluding tert-OH is 1. The van der Waals surface area contributed by atoms with Gasteiger partial charge in [0.25, 0.3) is 0 Å². The van der Waals surface area contributed by atoms with E-state index in [4.69, 9.17) is 0 Å². The van der Waals surface area contributed by atoms with Crippen LogP contribution in [0.5, 0.6) is 0 Å². The highest BCUT2D eigenvalue weighted by Gasteiger charge is 2.32. The molecule has 0 radical (unpaired) electrons. The molecular formula is C12H26O2. The largest absolute Gasteiger partial charge is 0.390 e. The molecule has 14 heavy (non-hydrogen) atoms. The molecule has 2 nitrogen and oxygen atoms in total. The first kappa shape index (κ1) is 13.9. The van der Waals surface area contributed by atoms with E-state index in [1.54, 1.807) is 0 Å². The molecule has 0 saturated heterocycles. The summed E-state index contributed by atoms with van der Waals surface area (Å²) >= 11 is 0. The van der Waals surface area contributed by atoms with Crippen molar-refractivity contribution in [2.24, 2.45) is 5.92 Å². The standard InChI is InChI=1S/C12H26O2/c1-5-8-10(4)9-11(13)12(14,6-2)7-3/h10-11,13-14H,5-9H2,1-4H3. The highest BCUT2D eigenvalue weighted by Crippen LogP contribution is 2.25. The van der Waals surface area contributed by atoms with Gasteiger partial charge < -0.3 is 10.2 Å². The second kappa shape index (κ2) is 6.41. The molecule has 0 aromatic heterocycles. The van der Waals surface area contributed by atoms with E-state index in [-0.39, 0.29) is 0 Å². The van der Waals surface area contributed by atoms with E-state index < -0.39 is 11.7 Å². The summed E-state index contributed by atoms with van der Waals surface area (Å²) in [6.45, 7) is 8.14. The van der Waals surface area contributed by atoms with Gasteiger partial charge in [-0.15, -0.1) is 0 Å². The Morgan fingerprint density at radius 3 is 2.00 bits per heavy atom. The maximum Gasteiger partial charge on any atom is 0.0900 e. The van der Waals surface area contributed by atoms with Crippen molar-refractivity contribution in [3.05, 3.63) is 0 Å². The Bertz CT molecular complexity index is 141. The molecular weight excluding hydrogens is 176 g/mol. The van der Waals surface area contributed by atoms with Crippen LogP contribution >= 0.6 is 0 Å². The smallest absolute Gasteiger partial charge is 0.0900 e. The first-order chi connectivity index (χ1) is 6.50. The maximum absolute atomic E-state index is 10.1. The summed E-state index contributed by atoms with van der Waals surface area (Å²) in [5, 5.41) is 20.0. The zero-order valence-corrected chi connectivity index (χ0v) is 10.1. The average Bonchev–Trinajstić information content (AvgIpc) is 2.16. The number of aliphatic hydroxyl groups is 2. The number of hydrogen-bond donors (Lipinski definition) is 2. The van der Waals surface area contributed by atoms with Crippen molar-refractivity contribution in [1.82, 2.24) is 0 Å². The van der Waals surface area contributed by atoms with Gasteiger partial charge in [-0.1, -0.05) is 40.5 Å². The van der Waals surface area contributed by atoms with Crippen LogP contribution in [-0.4, -0.2) is 21.9 Å². The molecule has 0 rings (SSSR count). The summed E-state index contributed by atoms with van der Waals surface area (Å²) in [5.74, 6) is 0.500. The van der Waals surface area contributed by atoms with Crippen LogP contribution in [0.4, 0.5) is 0 Å². The van der Waals surface area contributed by atoms with Crippen molar-refractivity contribution < 1.29 is 10.2 Å². The van der Waals surface area contributed by atoms with E-state index in [9.17, 15) is 10.2 Å². The molecule has 0 bridgehead atoms. The Hall–Kier alpha value is -0.0800. The minimum Gasteiger partial charge on any atom is -0.390 e. The molecule has 0 aliphatic rings. The fourth-order valence-corrected chi connectivity index (χ4v) is 1.93. The van der Waals surface area contributed by atoms with Gasteiger partial charge in [0, 0.05) is 0 Å². The molecule has 2 heteroatoms. The minimum atomic E-state index is -0.873. The average molecular weight is 202 g/mol. The van der Waals surface area contributed by atoms with Crippen LogP contribution in [0.25, 0.3) is 0 Å². The quantitative estimate of drug-likeness (QED) is 0.666. The molecule has 2 unspecified atom stereocenters. The van der Waals surface area contributed by atoms with Crippen molar-refractivity contribution in [3.8, 4) is 0 Å². The summed E-state index contributed by atoms with van der Waals surface area (Å²) in [4.78, 5) is 0. The second-order valence-electron chi connectivity index (χ2n) is 4.46. The second-order valence-corrected chi connectivity index (χ2v) is 4.46. The molecule has 0 heterocycles. The predicted molar refractivity (Wildman–Crippen MR) is 60.2 cm³/mol.